The highest BCUT2D eigenvalue weighted by Gasteiger charge is 2.29. The summed E-state index contributed by atoms with van der Waals surface area (Å²) < 4.78 is 42.6. The molecule has 2 N–H and O–H groups in total. The molecule has 2 aromatic rings. The maximum absolute atomic E-state index is 12.4. The lowest BCUT2D eigenvalue weighted by Crippen LogP contribution is -2.09. The first-order valence-electron chi connectivity index (χ1n) is 6.20. The highest BCUT2D eigenvalue weighted by atomic mass is 19.4. The molecule has 1 heterocycles. The van der Waals surface area contributed by atoms with E-state index in [4.69, 9.17) is 10.2 Å². The fourth-order valence-electron chi connectivity index (χ4n) is 1.74. The van der Waals surface area contributed by atoms with E-state index in [2.05, 4.69) is 4.98 Å². The number of aromatic nitrogens is 1. The molecule has 1 unspecified atom stereocenters. The number of rotatable bonds is 4. The van der Waals surface area contributed by atoms with Crippen molar-refractivity contribution in [2.24, 2.45) is 5.73 Å². The molecule has 2 rings (SSSR count). The standard InChI is InChI=1S/C14H15F3N2O/c1-9(7-18)12-8-20-13(19-12)6-10-2-4-11(5-3-10)14(15,16)17/h2-5,8-9H,6-7,18H2,1H3. The SMILES string of the molecule is CC(CN)c1coc(Cc2ccc(C(F)(F)F)cc2)n1. The molecule has 6 heteroatoms. The van der Waals surface area contributed by atoms with Crippen molar-refractivity contribution in [1.82, 2.24) is 4.98 Å². The van der Waals surface area contributed by atoms with Crippen LogP contribution in [0.5, 0.6) is 0 Å². The van der Waals surface area contributed by atoms with Gasteiger partial charge in [0.25, 0.3) is 0 Å². The molecule has 0 saturated carbocycles. The Morgan fingerprint density at radius 1 is 1.25 bits per heavy atom. The number of halogens is 3. The lowest BCUT2D eigenvalue weighted by Gasteiger charge is -2.06. The number of nitrogens with two attached hydrogens (primary N) is 1. The van der Waals surface area contributed by atoms with Crippen molar-refractivity contribution in [1.29, 1.82) is 0 Å². The van der Waals surface area contributed by atoms with Crippen LogP contribution in [0.3, 0.4) is 0 Å². The van der Waals surface area contributed by atoms with Crippen molar-refractivity contribution in [2.45, 2.75) is 25.4 Å². The summed E-state index contributed by atoms with van der Waals surface area (Å²) in [5.41, 5.74) is 6.35. The van der Waals surface area contributed by atoms with Crippen LogP contribution in [0.4, 0.5) is 13.2 Å². The Kier molecular flexibility index (Phi) is 4.13. The number of hydrogen-bond acceptors (Lipinski definition) is 3. The summed E-state index contributed by atoms with van der Waals surface area (Å²) in [4.78, 5) is 4.28. The summed E-state index contributed by atoms with van der Waals surface area (Å²) >= 11 is 0. The van der Waals surface area contributed by atoms with Crippen molar-refractivity contribution in [3.05, 3.63) is 53.2 Å². The zero-order chi connectivity index (χ0) is 14.8. The molecule has 20 heavy (non-hydrogen) atoms. The van der Waals surface area contributed by atoms with E-state index in [1.54, 1.807) is 0 Å². The van der Waals surface area contributed by atoms with Crippen LogP contribution in [-0.4, -0.2) is 11.5 Å². The first-order valence-corrected chi connectivity index (χ1v) is 6.20. The number of hydrogen-bond donors (Lipinski definition) is 1. The summed E-state index contributed by atoms with van der Waals surface area (Å²) in [6, 6.07) is 4.97. The van der Waals surface area contributed by atoms with Gasteiger partial charge in [0.2, 0.25) is 0 Å². The molecule has 0 saturated heterocycles. The van der Waals surface area contributed by atoms with E-state index in [0.717, 1.165) is 17.8 Å². The van der Waals surface area contributed by atoms with Crippen LogP contribution in [0, 0.1) is 0 Å². The molecule has 0 aliphatic rings. The highest BCUT2D eigenvalue weighted by Crippen LogP contribution is 2.29. The second kappa shape index (κ2) is 5.66. The van der Waals surface area contributed by atoms with E-state index in [1.807, 2.05) is 6.92 Å². The van der Waals surface area contributed by atoms with Gasteiger partial charge in [-0.1, -0.05) is 19.1 Å². The quantitative estimate of drug-likeness (QED) is 0.936. The van der Waals surface area contributed by atoms with Gasteiger partial charge in [0.15, 0.2) is 5.89 Å². The predicted molar refractivity (Wildman–Crippen MR) is 68.2 cm³/mol. The number of nitrogens with zero attached hydrogens (tertiary/aromatic N) is 1. The smallest absolute Gasteiger partial charge is 0.416 e. The molecule has 0 aliphatic carbocycles. The maximum atomic E-state index is 12.4. The summed E-state index contributed by atoms with van der Waals surface area (Å²) in [7, 11) is 0. The van der Waals surface area contributed by atoms with Gasteiger partial charge in [0.1, 0.15) is 6.26 Å². The minimum atomic E-state index is -4.31. The minimum Gasteiger partial charge on any atom is -0.448 e. The van der Waals surface area contributed by atoms with Crippen molar-refractivity contribution in [2.75, 3.05) is 6.54 Å². The predicted octanol–water partition coefficient (Wildman–Crippen LogP) is 3.35. The minimum absolute atomic E-state index is 0.0973. The summed E-state index contributed by atoms with van der Waals surface area (Å²) in [6.07, 6.45) is -2.42. The van der Waals surface area contributed by atoms with Gasteiger partial charge in [-0.2, -0.15) is 13.2 Å². The molecule has 0 amide bonds. The first kappa shape index (κ1) is 14.6. The molecule has 1 atom stereocenters. The molecule has 3 nitrogen and oxygen atoms in total. The largest absolute Gasteiger partial charge is 0.448 e. The zero-order valence-corrected chi connectivity index (χ0v) is 10.9. The molecule has 0 aliphatic heterocycles. The Balaban J connectivity index is 2.08. The fraction of sp³-hybridized carbons (Fsp3) is 0.357. The Hall–Kier alpha value is -1.82. The molecule has 108 valence electrons. The monoisotopic (exact) mass is 284 g/mol. The lowest BCUT2D eigenvalue weighted by atomic mass is 10.1. The molecule has 0 fully saturated rings. The number of oxazole rings is 1. The molecular weight excluding hydrogens is 269 g/mol. The van der Waals surface area contributed by atoms with Crippen LogP contribution in [0.15, 0.2) is 34.9 Å². The molecular formula is C14H15F3N2O. The Morgan fingerprint density at radius 2 is 1.90 bits per heavy atom. The van der Waals surface area contributed by atoms with Crippen molar-refractivity contribution < 1.29 is 17.6 Å². The fourth-order valence-corrected chi connectivity index (χ4v) is 1.74. The van der Waals surface area contributed by atoms with Gasteiger partial charge in [-0.25, -0.2) is 4.98 Å². The second-order valence-electron chi connectivity index (χ2n) is 4.67. The van der Waals surface area contributed by atoms with Crippen LogP contribution in [0.25, 0.3) is 0 Å². The van der Waals surface area contributed by atoms with E-state index in [0.29, 0.717) is 24.4 Å². The van der Waals surface area contributed by atoms with Crippen molar-refractivity contribution in [3.8, 4) is 0 Å². The third-order valence-corrected chi connectivity index (χ3v) is 3.06. The number of benzene rings is 1. The van der Waals surface area contributed by atoms with Gasteiger partial charge in [-0.3, -0.25) is 0 Å². The van der Waals surface area contributed by atoms with Crippen LogP contribution in [0.2, 0.25) is 0 Å². The first-order chi connectivity index (χ1) is 9.40. The molecule has 0 radical (unpaired) electrons. The maximum Gasteiger partial charge on any atom is 0.416 e. The van der Waals surface area contributed by atoms with E-state index in [-0.39, 0.29) is 5.92 Å². The van der Waals surface area contributed by atoms with Gasteiger partial charge in [-0.05, 0) is 17.7 Å². The zero-order valence-electron chi connectivity index (χ0n) is 10.9. The summed E-state index contributed by atoms with van der Waals surface area (Å²) in [5, 5.41) is 0. The van der Waals surface area contributed by atoms with E-state index in [9.17, 15) is 13.2 Å². The second-order valence-corrected chi connectivity index (χ2v) is 4.67. The molecule has 1 aromatic heterocycles. The van der Waals surface area contributed by atoms with Crippen LogP contribution < -0.4 is 5.73 Å². The van der Waals surface area contributed by atoms with Gasteiger partial charge in [0, 0.05) is 18.9 Å². The summed E-state index contributed by atoms with van der Waals surface area (Å²) in [5.74, 6) is 0.570. The van der Waals surface area contributed by atoms with Crippen molar-refractivity contribution in [3.63, 3.8) is 0 Å². The van der Waals surface area contributed by atoms with Gasteiger partial charge >= 0.3 is 6.18 Å². The van der Waals surface area contributed by atoms with Crippen LogP contribution >= 0.6 is 0 Å². The number of alkyl halides is 3. The Labute approximate surface area is 114 Å². The topological polar surface area (TPSA) is 52.0 Å². The van der Waals surface area contributed by atoms with Gasteiger partial charge in [0.05, 0.1) is 11.3 Å². The van der Waals surface area contributed by atoms with E-state index in [1.165, 1.54) is 18.4 Å². The van der Waals surface area contributed by atoms with Crippen LogP contribution in [0.1, 0.15) is 35.6 Å². The third-order valence-electron chi connectivity index (χ3n) is 3.06. The average molecular weight is 284 g/mol. The molecule has 0 bridgehead atoms. The average Bonchev–Trinajstić information content (AvgIpc) is 2.86. The molecule has 0 spiro atoms. The normalized spacial score (nSPS) is 13.4. The van der Waals surface area contributed by atoms with E-state index < -0.39 is 11.7 Å². The highest BCUT2D eigenvalue weighted by molar-refractivity contribution is 5.26. The van der Waals surface area contributed by atoms with Gasteiger partial charge < -0.3 is 10.2 Å². The van der Waals surface area contributed by atoms with E-state index >= 15 is 0 Å². The molecule has 1 aromatic carbocycles. The van der Waals surface area contributed by atoms with Crippen molar-refractivity contribution >= 4 is 0 Å². The van der Waals surface area contributed by atoms with Gasteiger partial charge in [-0.15, -0.1) is 0 Å². The third kappa shape index (κ3) is 3.39. The van der Waals surface area contributed by atoms with Crippen LogP contribution in [-0.2, 0) is 12.6 Å². The Bertz CT molecular complexity index is 561. The lowest BCUT2D eigenvalue weighted by molar-refractivity contribution is -0.137. The Morgan fingerprint density at radius 3 is 2.45 bits per heavy atom. The summed E-state index contributed by atoms with van der Waals surface area (Å²) in [6.45, 7) is 2.39.